The second-order valence-electron chi connectivity index (χ2n) is 5.16. The summed E-state index contributed by atoms with van der Waals surface area (Å²) >= 11 is 0. The number of carbonyl (C=O) groups is 1. The highest BCUT2D eigenvalue weighted by molar-refractivity contribution is 6.01. The zero-order valence-electron chi connectivity index (χ0n) is 11.6. The van der Waals surface area contributed by atoms with Crippen LogP contribution in [0.3, 0.4) is 0 Å². The van der Waals surface area contributed by atoms with Crippen molar-refractivity contribution in [2.24, 2.45) is 0 Å². The van der Waals surface area contributed by atoms with Crippen molar-refractivity contribution in [3.05, 3.63) is 39.2 Å². The van der Waals surface area contributed by atoms with Crippen LogP contribution in [0.2, 0.25) is 0 Å². The molecule has 0 unspecified atom stereocenters. The molecule has 0 aliphatic heterocycles. The number of ether oxygens (including phenoxy) is 1. The summed E-state index contributed by atoms with van der Waals surface area (Å²) in [5, 5.41) is 0.866. The Balaban J connectivity index is 2.38. The van der Waals surface area contributed by atoms with Crippen LogP contribution in [-0.4, -0.2) is 12.9 Å². The maximum atomic E-state index is 12.0. The van der Waals surface area contributed by atoms with Crippen LogP contribution in [0.15, 0.2) is 21.3 Å². The van der Waals surface area contributed by atoms with Crippen molar-refractivity contribution < 1.29 is 13.9 Å². The first-order chi connectivity index (χ1) is 9.61. The van der Waals surface area contributed by atoms with E-state index in [9.17, 15) is 9.59 Å². The van der Waals surface area contributed by atoms with Crippen LogP contribution in [-0.2, 0) is 12.8 Å². The summed E-state index contributed by atoms with van der Waals surface area (Å²) in [4.78, 5) is 23.8. The molecule has 20 heavy (non-hydrogen) atoms. The highest BCUT2D eigenvalue weighted by atomic mass is 16.5. The quantitative estimate of drug-likeness (QED) is 0.623. The first kappa shape index (κ1) is 12.9. The Morgan fingerprint density at radius 2 is 1.90 bits per heavy atom. The third-order valence-corrected chi connectivity index (χ3v) is 3.92. The molecule has 0 atom stereocenters. The number of ketones is 1. The topological polar surface area (TPSA) is 56.5 Å². The summed E-state index contributed by atoms with van der Waals surface area (Å²) in [5.41, 5.74) is 2.57. The van der Waals surface area contributed by atoms with Crippen molar-refractivity contribution in [2.45, 2.75) is 32.6 Å². The first-order valence-electron chi connectivity index (χ1n) is 6.79. The van der Waals surface area contributed by atoms with E-state index in [2.05, 4.69) is 0 Å². The van der Waals surface area contributed by atoms with Crippen molar-refractivity contribution in [2.75, 3.05) is 7.11 Å². The lowest BCUT2D eigenvalue weighted by atomic mass is 9.90. The Morgan fingerprint density at radius 3 is 2.55 bits per heavy atom. The van der Waals surface area contributed by atoms with Gasteiger partial charge in [-0.3, -0.25) is 4.79 Å². The number of Topliss-reactive ketones (excluding diaryl/α,β-unsaturated/α-hetero) is 1. The number of hydrogen-bond donors (Lipinski definition) is 0. The van der Waals surface area contributed by atoms with E-state index >= 15 is 0 Å². The monoisotopic (exact) mass is 272 g/mol. The molecule has 1 aliphatic rings. The van der Waals surface area contributed by atoms with E-state index < -0.39 is 0 Å². The summed E-state index contributed by atoms with van der Waals surface area (Å²) < 4.78 is 10.6. The second kappa shape index (κ2) is 4.78. The minimum atomic E-state index is -0.259. The van der Waals surface area contributed by atoms with Crippen molar-refractivity contribution >= 4 is 16.8 Å². The highest BCUT2D eigenvalue weighted by Crippen LogP contribution is 2.31. The standard InChI is InChI=1S/C16H16O4/c1-9(17)12-7-13-10-5-3-4-6-11(10)16(18)20-15(13)8-14(12)19-2/h7-8H,3-6H2,1-2H3. The Hall–Kier alpha value is -2.10. The molecule has 0 saturated carbocycles. The molecule has 1 aromatic heterocycles. The number of rotatable bonds is 2. The van der Waals surface area contributed by atoms with E-state index in [1.165, 1.54) is 14.0 Å². The number of hydrogen-bond acceptors (Lipinski definition) is 4. The molecule has 4 heteroatoms. The minimum absolute atomic E-state index is 0.0560. The summed E-state index contributed by atoms with van der Waals surface area (Å²) in [6.07, 6.45) is 3.70. The fraction of sp³-hybridized carbons (Fsp3) is 0.375. The van der Waals surface area contributed by atoms with Gasteiger partial charge in [-0.15, -0.1) is 0 Å². The normalized spacial score (nSPS) is 14.1. The van der Waals surface area contributed by atoms with Crippen LogP contribution < -0.4 is 10.4 Å². The van der Waals surface area contributed by atoms with Gasteiger partial charge in [0, 0.05) is 17.0 Å². The van der Waals surface area contributed by atoms with Gasteiger partial charge >= 0.3 is 5.63 Å². The summed E-state index contributed by atoms with van der Waals surface area (Å²) in [6.45, 7) is 1.51. The van der Waals surface area contributed by atoms with E-state index in [1.54, 1.807) is 12.1 Å². The highest BCUT2D eigenvalue weighted by Gasteiger charge is 2.20. The maximum Gasteiger partial charge on any atom is 0.339 e. The SMILES string of the molecule is COc1cc2oc(=O)c3c(c2cc1C(C)=O)CCCC3. The first-order valence-corrected chi connectivity index (χ1v) is 6.79. The predicted octanol–water partition coefficient (Wildman–Crippen LogP) is 2.88. The lowest BCUT2D eigenvalue weighted by Gasteiger charge is -2.17. The third kappa shape index (κ3) is 1.92. The van der Waals surface area contributed by atoms with Gasteiger partial charge in [-0.1, -0.05) is 0 Å². The molecule has 0 saturated heterocycles. The van der Waals surface area contributed by atoms with Crippen LogP contribution in [0, 0.1) is 0 Å². The molecule has 2 aromatic rings. The van der Waals surface area contributed by atoms with Crippen molar-refractivity contribution in [3.8, 4) is 5.75 Å². The van der Waals surface area contributed by atoms with E-state index in [-0.39, 0.29) is 11.4 Å². The number of aryl methyl sites for hydroxylation is 1. The Labute approximate surface area is 116 Å². The molecule has 0 amide bonds. The van der Waals surface area contributed by atoms with Crippen LogP contribution in [0.5, 0.6) is 5.75 Å². The van der Waals surface area contributed by atoms with Gasteiger partial charge in [0.2, 0.25) is 0 Å². The molecular formula is C16H16O4. The number of methoxy groups -OCH3 is 1. The van der Waals surface area contributed by atoms with E-state index in [0.29, 0.717) is 16.9 Å². The average Bonchev–Trinajstić information content (AvgIpc) is 2.46. The molecular weight excluding hydrogens is 256 g/mol. The smallest absolute Gasteiger partial charge is 0.339 e. The average molecular weight is 272 g/mol. The predicted molar refractivity (Wildman–Crippen MR) is 75.7 cm³/mol. The third-order valence-electron chi connectivity index (χ3n) is 3.92. The summed E-state index contributed by atoms with van der Waals surface area (Å²) in [7, 11) is 1.50. The van der Waals surface area contributed by atoms with Crippen molar-refractivity contribution in [1.82, 2.24) is 0 Å². The van der Waals surface area contributed by atoms with Gasteiger partial charge < -0.3 is 9.15 Å². The second-order valence-corrected chi connectivity index (χ2v) is 5.16. The van der Waals surface area contributed by atoms with Gasteiger partial charge in [0.05, 0.1) is 12.7 Å². The van der Waals surface area contributed by atoms with Gasteiger partial charge in [-0.25, -0.2) is 4.79 Å². The number of benzene rings is 1. The Morgan fingerprint density at radius 1 is 1.20 bits per heavy atom. The summed E-state index contributed by atoms with van der Waals surface area (Å²) in [5.74, 6) is 0.392. The van der Waals surface area contributed by atoms with Crippen LogP contribution in [0.4, 0.5) is 0 Å². The fourth-order valence-corrected chi connectivity index (χ4v) is 2.91. The largest absolute Gasteiger partial charge is 0.496 e. The lowest BCUT2D eigenvalue weighted by molar-refractivity contribution is 0.101. The number of fused-ring (bicyclic) bond motifs is 3. The van der Waals surface area contributed by atoms with Crippen molar-refractivity contribution in [1.29, 1.82) is 0 Å². The van der Waals surface area contributed by atoms with Crippen molar-refractivity contribution in [3.63, 3.8) is 0 Å². The van der Waals surface area contributed by atoms with Gasteiger partial charge in [-0.05, 0) is 44.2 Å². The Kier molecular flexibility index (Phi) is 3.08. The molecule has 0 spiro atoms. The van der Waals surface area contributed by atoms with E-state index in [0.717, 1.165) is 42.2 Å². The van der Waals surface area contributed by atoms with Gasteiger partial charge in [0.15, 0.2) is 5.78 Å². The van der Waals surface area contributed by atoms with Gasteiger partial charge in [0.25, 0.3) is 0 Å². The molecule has 3 rings (SSSR count). The molecule has 0 N–H and O–H groups in total. The van der Waals surface area contributed by atoms with E-state index in [1.807, 2.05) is 0 Å². The van der Waals surface area contributed by atoms with Gasteiger partial charge in [0.1, 0.15) is 11.3 Å². The zero-order chi connectivity index (χ0) is 14.3. The minimum Gasteiger partial charge on any atom is -0.496 e. The number of carbonyl (C=O) groups excluding carboxylic acids is 1. The molecule has 4 nitrogen and oxygen atoms in total. The molecule has 1 aromatic carbocycles. The molecule has 1 aliphatic carbocycles. The maximum absolute atomic E-state index is 12.0. The van der Waals surface area contributed by atoms with E-state index in [4.69, 9.17) is 9.15 Å². The summed E-state index contributed by atoms with van der Waals surface area (Å²) in [6, 6.07) is 3.44. The lowest BCUT2D eigenvalue weighted by Crippen LogP contribution is -2.16. The van der Waals surface area contributed by atoms with Crippen LogP contribution in [0.1, 0.15) is 41.3 Å². The van der Waals surface area contributed by atoms with Crippen LogP contribution >= 0.6 is 0 Å². The fourth-order valence-electron chi connectivity index (χ4n) is 2.91. The van der Waals surface area contributed by atoms with Gasteiger partial charge in [-0.2, -0.15) is 0 Å². The molecule has 0 radical (unpaired) electrons. The molecule has 104 valence electrons. The van der Waals surface area contributed by atoms with Crippen LogP contribution in [0.25, 0.3) is 11.0 Å². The Bertz CT molecular complexity index is 755. The molecule has 0 fully saturated rings. The zero-order valence-corrected chi connectivity index (χ0v) is 11.6. The molecule has 1 heterocycles. The molecule has 0 bridgehead atoms.